The van der Waals surface area contributed by atoms with Gasteiger partial charge in [0, 0.05) is 5.92 Å². The lowest BCUT2D eigenvalue weighted by Gasteiger charge is -2.09. The van der Waals surface area contributed by atoms with Crippen LogP contribution < -0.4 is 0 Å². The average Bonchev–Trinajstić information content (AvgIpc) is 3.09. The van der Waals surface area contributed by atoms with Crippen molar-refractivity contribution in [1.82, 2.24) is 0 Å². The van der Waals surface area contributed by atoms with E-state index < -0.39 is 0 Å². The van der Waals surface area contributed by atoms with E-state index in [9.17, 15) is 9.59 Å². The Balaban J connectivity index is -0.000000629. The van der Waals surface area contributed by atoms with Gasteiger partial charge in [0.05, 0.1) is 13.0 Å². The second kappa shape index (κ2) is 20.1. The van der Waals surface area contributed by atoms with Crippen LogP contribution in [0.5, 0.6) is 0 Å². The molecule has 0 heterocycles. The average molecular weight is 419 g/mol. The zero-order chi connectivity index (χ0) is 22.8. The van der Waals surface area contributed by atoms with Crippen LogP contribution in [0, 0.1) is 5.92 Å². The third kappa shape index (κ3) is 11.7. The first-order valence-electron chi connectivity index (χ1n) is 11.0. The molecule has 3 nitrogen and oxygen atoms in total. The first kappa shape index (κ1) is 32.5. The summed E-state index contributed by atoms with van der Waals surface area (Å²) in [6, 6.07) is 7.71. The summed E-state index contributed by atoms with van der Waals surface area (Å²) < 4.78 is 4.73. The van der Waals surface area contributed by atoms with Gasteiger partial charge in [0.2, 0.25) is 0 Å². The Bertz CT molecular complexity index is 612. The van der Waals surface area contributed by atoms with Crippen molar-refractivity contribution in [3.05, 3.63) is 53.6 Å². The summed E-state index contributed by atoms with van der Waals surface area (Å²) in [6.45, 7) is 17.5. The zero-order valence-electron chi connectivity index (χ0n) is 19.9. The number of hydrogen-bond donors (Lipinski definition) is 0. The van der Waals surface area contributed by atoms with E-state index in [0.29, 0.717) is 0 Å². The van der Waals surface area contributed by atoms with Crippen LogP contribution in [0.4, 0.5) is 0 Å². The highest BCUT2D eigenvalue weighted by Gasteiger charge is 2.24. The lowest BCUT2D eigenvalue weighted by molar-refractivity contribution is -0.142. The highest BCUT2D eigenvalue weighted by Crippen LogP contribution is 2.28. The third-order valence-corrected chi connectivity index (χ3v) is 4.44. The Hall–Kier alpha value is -2.16. The number of carbonyl (C=O) groups excluding carboxylic acids is 2. The fraction of sp³-hybridized carbons (Fsp3) is 0.556. The number of ether oxygens (including phenoxy) is 1. The molecule has 0 saturated heterocycles. The quantitative estimate of drug-likeness (QED) is 0.276. The van der Waals surface area contributed by atoms with Gasteiger partial charge in [0.1, 0.15) is 0 Å². The molecule has 0 spiro atoms. The molecule has 2 unspecified atom stereocenters. The molecular formula is C27H46O3. The predicted octanol–water partition coefficient (Wildman–Crippen LogP) is 8.01. The second-order valence-electron chi connectivity index (χ2n) is 6.46. The van der Waals surface area contributed by atoms with Gasteiger partial charge < -0.3 is 4.74 Å². The van der Waals surface area contributed by atoms with E-state index in [0.717, 1.165) is 36.0 Å². The Morgan fingerprint density at radius 3 is 2.07 bits per heavy atom. The third-order valence-electron chi connectivity index (χ3n) is 4.44. The van der Waals surface area contributed by atoms with Gasteiger partial charge in [-0.2, -0.15) is 0 Å². The van der Waals surface area contributed by atoms with Gasteiger partial charge in [0.25, 0.3) is 0 Å². The van der Waals surface area contributed by atoms with E-state index in [-0.39, 0.29) is 31.0 Å². The maximum Gasteiger partial charge on any atom is 0.312 e. The topological polar surface area (TPSA) is 43.4 Å². The molecule has 0 radical (unpaired) electrons. The number of esters is 1. The van der Waals surface area contributed by atoms with E-state index in [2.05, 4.69) is 13.5 Å². The van der Waals surface area contributed by atoms with Crippen molar-refractivity contribution >= 4 is 17.8 Å². The van der Waals surface area contributed by atoms with Crippen LogP contribution in [0.3, 0.4) is 0 Å². The number of allylic oxidation sites excluding steroid dienone is 2. The predicted molar refractivity (Wildman–Crippen MR) is 133 cm³/mol. The number of Topliss-reactive ketones (excluding diaryl/α,β-unsaturated/α-hetero) is 1. The van der Waals surface area contributed by atoms with Gasteiger partial charge in [-0.05, 0) is 49.0 Å². The molecule has 30 heavy (non-hydrogen) atoms. The monoisotopic (exact) mass is 418 g/mol. The maximum atomic E-state index is 11.9. The number of benzene rings is 1. The molecular weight excluding hydrogens is 372 g/mol. The Morgan fingerprint density at radius 2 is 1.73 bits per heavy atom. The minimum absolute atomic E-state index is 0. The summed E-state index contributed by atoms with van der Waals surface area (Å²) in [5, 5.41) is 0. The van der Waals surface area contributed by atoms with Crippen molar-refractivity contribution in [2.75, 3.05) is 7.11 Å². The molecule has 0 N–H and O–H groups in total. The van der Waals surface area contributed by atoms with Crippen molar-refractivity contribution in [3.63, 3.8) is 0 Å². The zero-order valence-corrected chi connectivity index (χ0v) is 19.9. The molecule has 0 bridgehead atoms. The first-order valence-corrected chi connectivity index (χ1v) is 11.0. The van der Waals surface area contributed by atoms with Crippen LogP contribution in [-0.2, 0) is 14.3 Å². The summed E-state index contributed by atoms with van der Waals surface area (Å²) in [7, 11) is 1.39. The van der Waals surface area contributed by atoms with Crippen molar-refractivity contribution in [1.29, 1.82) is 0 Å². The number of unbranched alkanes of at least 4 members (excludes halogenated alkanes) is 1. The van der Waals surface area contributed by atoms with Crippen LogP contribution >= 0.6 is 0 Å². The normalized spacial score (nSPS) is 16.3. The molecule has 2 rings (SSSR count). The molecule has 1 saturated carbocycles. The van der Waals surface area contributed by atoms with E-state index in [1.807, 2.05) is 78.0 Å². The van der Waals surface area contributed by atoms with Crippen molar-refractivity contribution in [2.24, 2.45) is 5.92 Å². The van der Waals surface area contributed by atoms with Crippen LogP contribution in [-0.4, -0.2) is 18.9 Å². The molecule has 172 valence electrons. The van der Waals surface area contributed by atoms with Gasteiger partial charge >= 0.3 is 5.97 Å². The SMILES string of the molecule is C.C=CCCC.CC.CC.COC(=O)C(C)c1ccc(/C=C2\CCC(C)C2=O)cc1. The number of ketones is 1. The first-order chi connectivity index (χ1) is 13.9. The number of carbonyl (C=O) groups is 2. The summed E-state index contributed by atoms with van der Waals surface area (Å²) in [5.41, 5.74) is 2.83. The molecule has 1 aliphatic carbocycles. The Morgan fingerprint density at radius 1 is 1.20 bits per heavy atom. The highest BCUT2D eigenvalue weighted by atomic mass is 16.5. The molecule has 1 aromatic rings. The maximum absolute atomic E-state index is 11.9. The standard InChI is InChI=1S/C17H20O3.C5H10.2C2H6.CH4/c1-11-4-7-15(16(11)18)10-13-5-8-14(9-6-13)12(2)17(19)20-3;1-3-5-4-2;2*1-2;/h5-6,8-12H,4,7H2,1-3H3;3H,1,4-5H2,2H3;2*1-2H3;1H4/b15-10+;;;;. The lowest BCUT2D eigenvalue weighted by Crippen LogP contribution is -2.10. The van der Waals surface area contributed by atoms with E-state index in [4.69, 9.17) is 4.74 Å². The van der Waals surface area contributed by atoms with Crippen molar-refractivity contribution < 1.29 is 14.3 Å². The minimum Gasteiger partial charge on any atom is -0.469 e. The summed E-state index contributed by atoms with van der Waals surface area (Å²) in [4.78, 5) is 23.4. The van der Waals surface area contributed by atoms with Crippen LogP contribution in [0.2, 0.25) is 0 Å². The molecule has 1 fully saturated rings. The molecule has 0 aromatic heterocycles. The molecule has 3 heteroatoms. The Labute approximate surface area is 186 Å². The van der Waals surface area contributed by atoms with Crippen molar-refractivity contribution in [3.8, 4) is 0 Å². The van der Waals surface area contributed by atoms with E-state index in [1.165, 1.54) is 13.5 Å². The molecule has 1 aliphatic rings. The summed E-state index contributed by atoms with van der Waals surface area (Å²) >= 11 is 0. The molecule has 1 aromatic carbocycles. The summed E-state index contributed by atoms with van der Waals surface area (Å²) in [6.07, 6.45) is 8.07. The highest BCUT2D eigenvalue weighted by molar-refractivity contribution is 6.02. The fourth-order valence-corrected chi connectivity index (χ4v) is 2.69. The van der Waals surface area contributed by atoms with Gasteiger partial charge in [-0.25, -0.2) is 0 Å². The van der Waals surface area contributed by atoms with Gasteiger partial charge in [-0.1, -0.05) is 85.7 Å². The lowest BCUT2D eigenvalue weighted by atomic mass is 9.99. The van der Waals surface area contributed by atoms with Gasteiger partial charge in [-0.15, -0.1) is 6.58 Å². The number of rotatable bonds is 5. The molecule has 0 amide bonds. The minimum atomic E-state index is -0.269. The second-order valence-corrected chi connectivity index (χ2v) is 6.46. The van der Waals surface area contributed by atoms with Gasteiger partial charge in [0.15, 0.2) is 5.78 Å². The van der Waals surface area contributed by atoms with Crippen molar-refractivity contribution in [2.45, 2.75) is 87.5 Å². The molecule has 0 aliphatic heterocycles. The van der Waals surface area contributed by atoms with E-state index in [1.54, 1.807) is 0 Å². The van der Waals surface area contributed by atoms with Gasteiger partial charge in [-0.3, -0.25) is 9.59 Å². The van der Waals surface area contributed by atoms with Crippen LogP contribution in [0.1, 0.15) is 98.6 Å². The van der Waals surface area contributed by atoms with E-state index >= 15 is 0 Å². The number of hydrogen-bond acceptors (Lipinski definition) is 3. The van der Waals surface area contributed by atoms with Crippen LogP contribution in [0.15, 0.2) is 42.5 Å². The Kier molecular flexibility index (Phi) is 21.8. The largest absolute Gasteiger partial charge is 0.469 e. The molecule has 2 atom stereocenters. The smallest absolute Gasteiger partial charge is 0.312 e. The number of methoxy groups -OCH3 is 1. The van der Waals surface area contributed by atoms with Crippen LogP contribution in [0.25, 0.3) is 6.08 Å². The summed E-state index contributed by atoms with van der Waals surface area (Å²) in [5.74, 6) is -0.0948. The fourth-order valence-electron chi connectivity index (χ4n) is 2.69.